The Hall–Kier alpha value is -0.260. The molecule has 0 radical (unpaired) electrons. The summed E-state index contributed by atoms with van der Waals surface area (Å²) in [5.41, 5.74) is 0. The van der Waals surface area contributed by atoms with Gasteiger partial charge in [0.1, 0.15) is 0 Å². The van der Waals surface area contributed by atoms with Crippen LogP contribution in [0, 0.1) is 0 Å². The zero-order valence-corrected chi connectivity index (χ0v) is 10.8. The molecule has 0 unspecified atom stereocenters. The summed E-state index contributed by atoms with van der Waals surface area (Å²) in [6.45, 7) is 4.34. The van der Waals surface area contributed by atoms with Crippen molar-refractivity contribution in [2.75, 3.05) is 33.2 Å². The molecule has 1 atom stereocenters. The number of alkyl halides is 2. The van der Waals surface area contributed by atoms with Gasteiger partial charge in [0, 0.05) is 12.6 Å². The molecule has 5 heteroatoms. The normalized spacial score (nSPS) is 21.4. The van der Waals surface area contributed by atoms with Gasteiger partial charge in [0.25, 0.3) is 6.43 Å². The number of β-amino-alcohol motifs (C(OH)–C–C–N with tert-alkyl or cyclic N) is 1. The Kier molecular flexibility index (Phi) is 6.30. The molecule has 1 fully saturated rings. The Balaban J connectivity index is 2.25. The second-order valence-electron chi connectivity index (χ2n) is 4.92. The molecule has 1 heterocycles. The van der Waals surface area contributed by atoms with Crippen molar-refractivity contribution in [3.05, 3.63) is 0 Å². The minimum atomic E-state index is -2.25. The number of piperidine rings is 1. The highest BCUT2D eigenvalue weighted by molar-refractivity contribution is 4.79. The molecule has 1 N–H and O–H groups in total. The van der Waals surface area contributed by atoms with Gasteiger partial charge in [-0.2, -0.15) is 0 Å². The number of aliphatic hydroxyl groups is 1. The van der Waals surface area contributed by atoms with Crippen molar-refractivity contribution < 1.29 is 13.9 Å². The Morgan fingerprint density at radius 2 is 1.94 bits per heavy atom. The number of hydrogen-bond acceptors (Lipinski definition) is 3. The third-order valence-corrected chi connectivity index (χ3v) is 3.55. The van der Waals surface area contributed by atoms with Crippen molar-refractivity contribution >= 4 is 0 Å². The van der Waals surface area contributed by atoms with Gasteiger partial charge < -0.3 is 10.0 Å². The largest absolute Gasteiger partial charge is 0.392 e. The highest BCUT2D eigenvalue weighted by Gasteiger charge is 2.24. The van der Waals surface area contributed by atoms with Gasteiger partial charge in [-0.25, -0.2) is 8.78 Å². The third-order valence-electron chi connectivity index (χ3n) is 3.55. The third kappa shape index (κ3) is 5.27. The minimum Gasteiger partial charge on any atom is -0.392 e. The summed E-state index contributed by atoms with van der Waals surface area (Å²) in [6.07, 6.45) is 0.0927. The predicted molar refractivity (Wildman–Crippen MR) is 64.4 cm³/mol. The summed E-state index contributed by atoms with van der Waals surface area (Å²) in [5, 5.41) is 9.55. The molecule has 0 amide bonds. The molecule has 1 rings (SSSR count). The molecular weight excluding hydrogens is 226 g/mol. The van der Waals surface area contributed by atoms with Crippen LogP contribution in [-0.4, -0.2) is 66.7 Å². The lowest BCUT2D eigenvalue weighted by atomic mass is 10.0. The van der Waals surface area contributed by atoms with E-state index in [-0.39, 0.29) is 18.7 Å². The van der Waals surface area contributed by atoms with E-state index in [2.05, 4.69) is 4.90 Å². The van der Waals surface area contributed by atoms with Crippen molar-refractivity contribution in [2.45, 2.75) is 44.8 Å². The Labute approximate surface area is 102 Å². The van der Waals surface area contributed by atoms with Gasteiger partial charge >= 0.3 is 0 Å². The number of hydrogen-bond donors (Lipinski definition) is 1. The molecule has 17 heavy (non-hydrogen) atoms. The second kappa shape index (κ2) is 7.24. The van der Waals surface area contributed by atoms with E-state index in [1.165, 1.54) is 0 Å². The Morgan fingerprint density at radius 1 is 1.35 bits per heavy atom. The number of halogens is 2. The average molecular weight is 250 g/mol. The monoisotopic (exact) mass is 250 g/mol. The molecule has 0 bridgehead atoms. The molecule has 0 aromatic rings. The highest BCUT2D eigenvalue weighted by atomic mass is 19.3. The zero-order valence-electron chi connectivity index (χ0n) is 10.8. The molecule has 0 aliphatic carbocycles. The van der Waals surface area contributed by atoms with Crippen LogP contribution in [0.5, 0.6) is 0 Å². The van der Waals surface area contributed by atoms with Crippen LogP contribution in [-0.2, 0) is 0 Å². The molecular formula is C12H24F2N2O. The van der Waals surface area contributed by atoms with Crippen molar-refractivity contribution in [2.24, 2.45) is 0 Å². The van der Waals surface area contributed by atoms with Crippen LogP contribution in [0.25, 0.3) is 0 Å². The zero-order chi connectivity index (χ0) is 12.8. The fourth-order valence-electron chi connectivity index (χ4n) is 2.34. The maximum absolute atomic E-state index is 12.2. The van der Waals surface area contributed by atoms with Gasteiger partial charge in [0.05, 0.1) is 12.6 Å². The van der Waals surface area contributed by atoms with E-state index in [0.717, 1.165) is 32.4 Å². The maximum Gasteiger partial charge on any atom is 0.251 e. The lowest BCUT2D eigenvalue weighted by Gasteiger charge is -2.37. The van der Waals surface area contributed by atoms with Crippen molar-refractivity contribution in [1.29, 1.82) is 0 Å². The number of nitrogens with zero attached hydrogens (tertiary/aromatic N) is 2. The van der Waals surface area contributed by atoms with E-state index >= 15 is 0 Å². The van der Waals surface area contributed by atoms with Crippen LogP contribution in [0.1, 0.15) is 26.2 Å². The van der Waals surface area contributed by atoms with Crippen LogP contribution < -0.4 is 0 Å². The van der Waals surface area contributed by atoms with Crippen LogP contribution in [0.15, 0.2) is 0 Å². The fourth-order valence-corrected chi connectivity index (χ4v) is 2.34. The smallest absolute Gasteiger partial charge is 0.251 e. The van der Waals surface area contributed by atoms with E-state index in [0.29, 0.717) is 6.54 Å². The number of likely N-dealkylation sites (tertiary alicyclic amines) is 1. The van der Waals surface area contributed by atoms with Gasteiger partial charge in [-0.15, -0.1) is 0 Å². The summed E-state index contributed by atoms with van der Waals surface area (Å²) in [7, 11) is 1.77. The molecule has 0 spiro atoms. The average Bonchev–Trinajstić information content (AvgIpc) is 2.28. The maximum atomic E-state index is 12.2. The molecule has 102 valence electrons. The first-order valence-electron chi connectivity index (χ1n) is 6.41. The molecule has 1 aliphatic heterocycles. The predicted octanol–water partition coefficient (Wildman–Crippen LogP) is 1.42. The van der Waals surface area contributed by atoms with Crippen molar-refractivity contribution in [1.82, 2.24) is 9.80 Å². The van der Waals surface area contributed by atoms with Crippen LogP contribution in [0.4, 0.5) is 8.78 Å². The van der Waals surface area contributed by atoms with Gasteiger partial charge in [-0.3, -0.25) is 4.90 Å². The van der Waals surface area contributed by atoms with Crippen LogP contribution >= 0.6 is 0 Å². The molecule has 0 aromatic carbocycles. The Morgan fingerprint density at radius 3 is 2.41 bits per heavy atom. The van der Waals surface area contributed by atoms with Crippen molar-refractivity contribution in [3.8, 4) is 0 Å². The summed E-state index contributed by atoms with van der Waals surface area (Å²) in [4.78, 5) is 3.99. The van der Waals surface area contributed by atoms with E-state index in [4.69, 9.17) is 0 Å². The standard InChI is InChI=1S/C12H24F2N2O/c1-3-11(17)8-16-6-4-10(5-7-16)15(2)9-12(13)14/h10-12,17H,3-9H2,1-2H3/t11-/m1/s1. The molecule has 0 aromatic heterocycles. The van der Waals surface area contributed by atoms with E-state index < -0.39 is 6.43 Å². The van der Waals surface area contributed by atoms with Crippen molar-refractivity contribution in [3.63, 3.8) is 0 Å². The summed E-state index contributed by atoms with van der Waals surface area (Å²) in [5.74, 6) is 0. The van der Waals surface area contributed by atoms with Gasteiger partial charge in [-0.1, -0.05) is 6.92 Å². The number of aliphatic hydroxyl groups excluding tert-OH is 1. The lowest BCUT2D eigenvalue weighted by Crippen LogP contribution is -2.46. The summed E-state index contributed by atoms with van der Waals surface area (Å²) < 4.78 is 24.5. The van der Waals surface area contributed by atoms with Crippen LogP contribution in [0.3, 0.4) is 0 Å². The topological polar surface area (TPSA) is 26.7 Å². The fraction of sp³-hybridized carbons (Fsp3) is 1.00. The van der Waals surface area contributed by atoms with Gasteiger partial charge in [0.15, 0.2) is 0 Å². The van der Waals surface area contributed by atoms with E-state index in [1.54, 1.807) is 11.9 Å². The van der Waals surface area contributed by atoms with Crippen LogP contribution in [0.2, 0.25) is 0 Å². The minimum absolute atomic E-state index is 0.137. The Bertz CT molecular complexity index is 209. The summed E-state index contributed by atoms with van der Waals surface area (Å²) in [6, 6.07) is 0.263. The quantitative estimate of drug-likeness (QED) is 0.772. The van der Waals surface area contributed by atoms with Gasteiger partial charge in [0.2, 0.25) is 0 Å². The first-order valence-corrected chi connectivity index (χ1v) is 6.41. The molecule has 1 aliphatic rings. The molecule has 1 saturated heterocycles. The first kappa shape index (κ1) is 14.8. The first-order chi connectivity index (χ1) is 8.02. The molecule has 0 saturated carbocycles. The summed E-state index contributed by atoms with van der Waals surface area (Å²) >= 11 is 0. The SMILES string of the molecule is CC[C@@H](O)CN1CCC(N(C)CC(F)F)CC1. The second-order valence-corrected chi connectivity index (χ2v) is 4.92. The van der Waals surface area contributed by atoms with E-state index in [1.807, 2.05) is 6.92 Å². The van der Waals surface area contributed by atoms with Gasteiger partial charge in [-0.05, 0) is 39.4 Å². The molecule has 3 nitrogen and oxygen atoms in total. The lowest BCUT2D eigenvalue weighted by molar-refractivity contribution is 0.0441. The highest BCUT2D eigenvalue weighted by Crippen LogP contribution is 2.16. The number of rotatable bonds is 6. The van der Waals surface area contributed by atoms with E-state index in [9.17, 15) is 13.9 Å².